The van der Waals surface area contributed by atoms with Crippen molar-refractivity contribution in [2.45, 2.75) is 26.2 Å². The first-order valence-corrected chi connectivity index (χ1v) is 7.31. The number of hydrogen-bond donors (Lipinski definition) is 0. The van der Waals surface area contributed by atoms with Crippen LogP contribution in [0.3, 0.4) is 0 Å². The molecule has 0 bridgehead atoms. The molecule has 1 aliphatic heterocycles. The van der Waals surface area contributed by atoms with Crippen LogP contribution in [0.2, 0.25) is 10.3 Å². The molecule has 0 amide bonds. The van der Waals surface area contributed by atoms with E-state index in [-0.39, 0.29) is 5.92 Å². The lowest BCUT2D eigenvalue weighted by atomic mass is 10.1. The Morgan fingerprint density at radius 1 is 1.15 bits per heavy atom. The van der Waals surface area contributed by atoms with Gasteiger partial charge in [0, 0.05) is 17.5 Å². The van der Waals surface area contributed by atoms with Gasteiger partial charge in [0.25, 0.3) is 0 Å². The molecular formula is C15H14Cl2N2O. The quantitative estimate of drug-likeness (QED) is 0.766. The summed E-state index contributed by atoms with van der Waals surface area (Å²) in [6.45, 7) is 4.76. The first-order valence-electron chi connectivity index (χ1n) is 6.55. The van der Waals surface area contributed by atoms with Crippen LogP contribution >= 0.6 is 23.2 Å². The second kappa shape index (κ2) is 5.23. The molecule has 0 N–H and O–H groups in total. The summed E-state index contributed by atoms with van der Waals surface area (Å²) in [6, 6.07) is 5.92. The molecule has 0 unspecified atom stereocenters. The van der Waals surface area contributed by atoms with Crippen molar-refractivity contribution < 1.29 is 4.74 Å². The van der Waals surface area contributed by atoms with Gasteiger partial charge in [-0.25, -0.2) is 9.97 Å². The topological polar surface area (TPSA) is 35.0 Å². The van der Waals surface area contributed by atoms with Crippen molar-refractivity contribution in [2.75, 3.05) is 6.61 Å². The minimum atomic E-state index is 0.192. The maximum absolute atomic E-state index is 6.24. The molecule has 0 radical (unpaired) electrons. The minimum absolute atomic E-state index is 0.192. The number of fused-ring (bicyclic) bond motifs is 1. The molecule has 1 aromatic carbocycles. The van der Waals surface area contributed by atoms with E-state index in [0.29, 0.717) is 16.1 Å². The number of ether oxygens (including phenoxy) is 1. The van der Waals surface area contributed by atoms with Gasteiger partial charge in [0.05, 0.1) is 6.61 Å². The standard InChI is InChI=1S/C15H14Cl2N2O/c1-8(2)12-13(16)18-15(19-14(12)17)10-3-4-11-9(7-10)5-6-20-11/h3-4,7-8H,5-6H2,1-2H3. The Morgan fingerprint density at radius 2 is 1.85 bits per heavy atom. The highest BCUT2D eigenvalue weighted by Gasteiger charge is 2.17. The molecule has 3 rings (SSSR count). The van der Waals surface area contributed by atoms with E-state index in [1.807, 2.05) is 32.0 Å². The van der Waals surface area contributed by atoms with Crippen LogP contribution in [0.5, 0.6) is 5.75 Å². The Bertz CT molecular complexity index is 648. The Morgan fingerprint density at radius 3 is 2.50 bits per heavy atom. The van der Waals surface area contributed by atoms with Crippen LogP contribution in [0, 0.1) is 0 Å². The third-order valence-corrected chi connectivity index (χ3v) is 3.95. The molecule has 20 heavy (non-hydrogen) atoms. The SMILES string of the molecule is CC(C)c1c(Cl)nc(-c2ccc3c(c2)CCO3)nc1Cl. The van der Waals surface area contributed by atoms with Crippen LogP contribution in [-0.2, 0) is 6.42 Å². The van der Waals surface area contributed by atoms with Gasteiger partial charge >= 0.3 is 0 Å². The van der Waals surface area contributed by atoms with Crippen LogP contribution in [-0.4, -0.2) is 16.6 Å². The number of halogens is 2. The summed E-state index contributed by atoms with van der Waals surface area (Å²) < 4.78 is 5.49. The number of nitrogens with zero attached hydrogens (tertiary/aromatic N) is 2. The van der Waals surface area contributed by atoms with E-state index in [9.17, 15) is 0 Å². The fraction of sp³-hybridized carbons (Fsp3) is 0.333. The van der Waals surface area contributed by atoms with Crippen molar-refractivity contribution in [3.63, 3.8) is 0 Å². The molecule has 0 aliphatic carbocycles. The fourth-order valence-corrected chi connectivity index (χ4v) is 3.17. The summed E-state index contributed by atoms with van der Waals surface area (Å²) in [6.07, 6.45) is 0.911. The van der Waals surface area contributed by atoms with Gasteiger partial charge < -0.3 is 4.74 Å². The predicted molar refractivity (Wildman–Crippen MR) is 80.8 cm³/mol. The van der Waals surface area contributed by atoms with Gasteiger partial charge in [-0.2, -0.15) is 0 Å². The Kier molecular flexibility index (Phi) is 3.57. The van der Waals surface area contributed by atoms with Gasteiger partial charge in [0.15, 0.2) is 5.82 Å². The van der Waals surface area contributed by atoms with Gasteiger partial charge in [-0.05, 0) is 29.7 Å². The third-order valence-electron chi connectivity index (χ3n) is 3.38. The molecule has 2 heterocycles. The maximum Gasteiger partial charge on any atom is 0.162 e. The van der Waals surface area contributed by atoms with Gasteiger partial charge in [0.1, 0.15) is 16.1 Å². The van der Waals surface area contributed by atoms with Crippen molar-refractivity contribution in [2.24, 2.45) is 0 Å². The maximum atomic E-state index is 6.24. The molecule has 3 nitrogen and oxygen atoms in total. The fourth-order valence-electron chi connectivity index (χ4n) is 2.35. The molecule has 0 fully saturated rings. The molecule has 0 saturated carbocycles. The van der Waals surface area contributed by atoms with Crippen LogP contribution in [0.1, 0.15) is 30.9 Å². The lowest BCUT2D eigenvalue weighted by molar-refractivity contribution is 0.357. The molecule has 104 valence electrons. The molecule has 5 heteroatoms. The minimum Gasteiger partial charge on any atom is -0.493 e. The number of benzene rings is 1. The van der Waals surface area contributed by atoms with Crippen molar-refractivity contribution in [3.8, 4) is 17.1 Å². The van der Waals surface area contributed by atoms with E-state index in [2.05, 4.69) is 9.97 Å². The number of hydrogen-bond acceptors (Lipinski definition) is 3. The van der Waals surface area contributed by atoms with E-state index < -0.39 is 0 Å². The van der Waals surface area contributed by atoms with E-state index in [4.69, 9.17) is 27.9 Å². The zero-order valence-corrected chi connectivity index (χ0v) is 12.8. The third kappa shape index (κ3) is 2.36. The van der Waals surface area contributed by atoms with Crippen molar-refractivity contribution in [1.29, 1.82) is 0 Å². The Hall–Kier alpha value is -1.32. The monoisotopic (exact) mass is 308 g/mol. The lowest BCUT2D eigenvalue weighted by Gasteiger charge is -2.11. The molecular weight excluding hydrogens is 295 g/mol. The van der Waals surface area contributed by atoms with Crippen molar-refractivity contribution in [3.05, 3.63) is 39.6 Å². The predicted octanol–water partition coefficient (Wildman–Crippen LogP) is 4.51. The highest BCUT2D eigenvalue weighted by atomic mass is 35.5. The van der Waals surface area contributed by atoms with Gasteiger partial charge in [-0.1, -0.05) is 37.0 Å². The van der Waals surface area contributed by atoms with Gasteiger partial charge in [-0.3, -0.25) is 0 Å². The van der Waals surface area contributed by atoms with Gasteiger partial charge in [0.2, 0.25) is 0 Å². The Labute approximate surface area is 127 Å². The van der Waals surface area contributed by atoms with E-state index in [1.54, 1.807) is 0 Å². The summed E-state index contributed by atoms with van der Waals surface area (Å²) in [4.78, 5) is 8.76. The van der Waals surface area contributed by atoms with E-state index in [1.165, 1.54) is 5.56 Å². The molecule has 0 saturated heterocycles. The molecule has 0 atom stereocenters. The van der Waals surface area contributed by atoms with E-state index in [0.717, 1.165) is 29.9 Å². The second-order valence-electron chi connectivity index (χ2n) is 5.12. The lowest BCUT2D eigenvalue weighted by Crippen LogP contribution is -1.99. The average Bonchev–Trinajstić information content (AvgIpc) is 2.84. The Balaban J connectivity index is 2.07. The van der Waals surface area contributed by atoms with Crippen LogP contribution in [0.15, 0.2) is 18.2 Å². The largest absolute Gasteiger partial charge is 0.493 e. The highest BCUT2D eigenvalue weighted by molar-refractivity contribution is 6.34. The molecule has 0 spiro atoms. The van der Waals surface area contributed by atoms with Crippen molar-refractivity contribution >= 4 is 23.2 Å². The van der Waals surface area contributed by atoms with Gasteiger partial charge in [-0.15, -0.1) is 0 Å². The zero-order chi connectivity index (χ0) is 14.3. The molecule has 1 aliphatic rings. The number of rotatable bonds is 2. The summed E-state index contributed by atoms with van der Waals surface area (Å²) in [7, 11) is 0. The van der Waals surface area contributed by atoms with Crippen LogP contribution in [0.4, 0.5) is 0 Å². The number of aromatic nitrogens is 2. The summed E-state index contributed by atoms with van der Waals surface area (Å²) in [5.41, 5.74) is 2.88. The molecule has 1 aromatic heterocycles. The van der Waals surface area contributed by atoms with Crippen molar-refractivity contribution in [1.82, 2.24) is 9.97 Å². The van der Waals surface area contributed by atoms with Crippen LogP contribution in [0.25, 0.3) is 11.4 Å². The second-order valence-corrected chi connectivity index (χ2v) is 5.83. The highest BCUT2D eigenvalue weighted by Crippen LogP contribution is 2.33. The van der Waals surface area contributed by atoms with E-state index >= 15 is 0 Å². The average molecular weight is 309 g/mol. The normalized spacial score (nSPS) is 13.4. The first-order chi connectivity index (χ1) is 9.56. The summed E-state index contributed by atoms with van der Waals surface area (Å²) in [5.74, 6) is 1.68. The van der Waals surface area contributed by atoms with Crippen LogP contribution < -0.4 is 4.74 Å². The summed E-state index contributed by atoms with van der Waals surface area (Å²) >= 11 is 12.5. The smallest absolute Gasteiger partial charge is 0.162 e. The summed E-state index contributed by atoms with van der Waals surface area (Å²) in [5, 5.41) is 0.846. The molecule has 2 aromatic rings. The first kappa shape index (κ1) is 13.7. The zero-order valence-electron chi connectivity index (χ0n) is 11.3.